The van der Waals surface area contributed by atoms with Crippen molar-refractivity contribution < 1.29 is 9.53 Å². The lowest BCUT2D eigenvalue weighted by atomic mass is 9.95. The van der Waals surface area contributed by atoms with Gasteiger partial charge in [-0.3, -0.25) is 0 Å². The molecule has 15 heavy (non-hydrogen) atoms. The summed E-state index contributed by atoms with van der Waals surface area (Å²) in [4.78, 5) is 10.7. The summed E-state index contributed by atoms with van der Waals surface area (Å²) in [5, 5.41) is 0. The SMILES string of the molecule is CCOc1cc(C)c(C(C)C=O)cc1C. The molecule has 1 aromatic carbocycles. The van der Waals surface area contributed by atoms with Crippen LogP contribution in [0.1, 0.15) is 36.5 Å². The van der Waals surface area contributed by atoms with Gasteiger partial charge < -0.3 is 9.53 Å². The molecule has 2 nitrogen and oxygen atoms in total. The molecule has 0 amide bonds. The first-order valence-electron chi connectivity index (χ1n) is 5.29. The van der Waals surface area contributed by atoms with Crippen molar-refractivity contribution in [2.24, 2.45) is 0 Å². The number of benzene rings is 1. The molecule has 1 rings (SSSR count). The van der Waals surface area contributed by atoms with Crippen LogP contribution >= 0.6 is 0 Å². The van der Waals surface area contributed by atoms with E-state index in [1.165, 1.54) is 0 Å². The first-order valence-corrected chi connectivity index (χ1v) is 5.29. The van der Waals surface area contributed by atoms with Gasteiger partial charge in [0, 0.05) is 5.92 Å². The lowest BCUT2D eigenvalue weighted by molar-refractivity contribution is -0.108. The molecule has 1 atom stereocenters. The van der Waals surface area contributed by atoms with Gasteiger partial charge in [-0.05, 0) is 43.5 Å². The van der Waals surface area contributed by atoms with Gasteiger partial charge >= 0.3 is 0 Å². The molecule has 0 radical (unpaired) electrons. The van der Waals surface area contributed by atoms with Crippen molar-refractivity contribution in [3.63, 3.8) is 0 Å². The number of rotatable bonds is 4. The van der Waals surface area contributed by atoms with Gasteiger partial charge in [0.05, 0.1) is 6.61 Å². The fraction of sp³-hybridized carbons (Fsp3) is 0.462. The van der Waals surface area contributed by atoms with E-state index in [1.807, 2.05) is 39.8 Å². The molecule has 0 aliphatic heterocycles. The van der Waals surface area contributed by atoms with Gasteiger partial charge in [-0.1, -0.05) is 13.0 Å². The third-order valence-corrected chi connectivity index (χ3v) is 2.56. The number of aldehydes is 1. The molecule has 0 N–H and O–H groups in total. The van der Waals surface area contributed by atoms with E-state index in [0.29, 0.717) is 6.61 Å². The standard InChI is InChI=1S/C13H18O2/c1-5-15-13-7-9(2)12(6-10(13)3)11(4)8-14/h6-8,11H,5H2,1-4H3. The smallest absolute Gasteiger partial charge is 0.127 e. The summed E-state index contributed by atoms with van der Waals surface area (Å²) in [7, 11) is 0. The van der Waals surface area contributed by atoms with Crippen LogP contribution in [0.15, 0.2) is 12.1 Å². The second kappa shape index (κ2) is 4.96. The van der Waals surface area contributed by atoms with E-state index < -0.39 is 0 Å². The lowest BCUT2D eigenvalue weighted by Gasteiger charge is -2.14. The van der Waals surface area contributed by atoms with Gasteiger partial charge in [0.1, 0.15) is 12.0 Å². The average Bonchev–Trinajstić information content (AvgIpc) is 2.22. The Labute approximate surface area is 91.3 Å². The minimum atomic E-state index is -0.0422. The quantitative estimate of drug-likeness (QED) is 0.708. The molecule has 82 valence electrons. The maximum absolute atomic E-state index is 10.7. The summed E-state index contributed by atoms with van der Waals surface area (Å²) in [5.74, 6) is 0.872. The van der Waals surface area contributed by atoms with E-state index >= 15 is 0 Å². The summed E-state index contributed by atoms with van der Waals surface area (Å²) < 4.78 is 5.50. The van der Waals surface area contributed by atoms with Crippen molar-refractivity contribution in [1.29, 1.82) is 0 Å². The Kier molecular flexibility index (Phi) is 3.89. The molecule has 0 aliphatic rings. The van der Waals surface area contributed by atoms with E-state index in [-0.39, 0.29) is 5.92 Å². The summed E-state index contributed by atoms with van der Waals surface area (Å²) in [5.41, 5.74) is 3.29. The van der Waals surface area contributed by atoms with Gasteiger partial charge in [-0.2, -0.15) is 0 Å². The van der Waals surface area contributed by atoms with Crippen molar-refractivity contribution in [3.8, 4) is 5.75 Å². The van der Waals surface area contributed by atoms with Gasteiger partial charge in [0.2, 0.25) is 0 Å². The molecule has 0 heterocycles. The molecule has 0 fully saturated rings. The Morgan fingerprint density at radius 3 is 2.53 bits per heavy atom. The maximum atomic E-state index is 10.7. The summed E-state index contributed by atoms with van der Waals surface area (Å²) in [6.07, 6.45) is 0.974. The molecular formula is C13H18O2. The van der Waals surface area contributed by atoms with Crippen LogP contribution in [0.4, 0.5) is 0 Å². The number of hydrogen-bond donors (Lipinski definition) is 0. The van der Waals surface area contributed by atoms with E-state index in [1.54, 1.807) is 0 Å². The number of hydrogen-bond acceptors (Lipinski definition) is 2. The largest absolute Gasteiger partial charge is 0.494 e. The third-order valence-electron chi connectivity index (χ3n) is 2.56. The van der Waals surface area contributed by atoms with Crippen molar-refractivity contribution in [2.45, 2.75) is 33.6 Å². The lowest BCUT2D eigenvalue weighted by Crippen LogP contribution is -2.01. The molecule has 0 saturated carbocycles. The third kappa shape index (κ3) is 2.58. The maximum Gasteiger partial charge on any atom is 0.127 e. The van der Waals surface area contributed by atoms with E-state index in [2.05, 4.69) is 0 Å². The highest BCUT2D eigenvalue weighted by atomic mass is 16.5. The number of carbonyl (C=O) groups is 1. The van der Waals surface area contributed by atoms with Gasteiger partial charge in [-0.15, -0.1) is 0 Å². The molecule has 0 aromatic heterocycles. The Hall–Kier alpha value is -1.31. The van der Waals surface area contributed by atoms with Crippen LogP contribution in [0.2, 0.25) is 0 Å². The second-order valence-electron chi connectivity index (χ2n) is 3.83. The Morgan fingerprint density at radius 2 is 2.00 bits per heavy atom. The molecular weight excluding hydrogens is 188 g/mol. The average molecular weight is 206 g/mol. The van der Waals surface area contributed by atoms with Crippen LogP contribution in [0.5, 0.6) is 5.75 Å². The highest BCUT2D eigenvalue weighted by Crippen LogP contribution is 2.26. The predicted molar refractivity (Wildman–Crippen MR) is 61.6 cm³/mol. The summed E-state index contributed by atoms with van der Waals surface area (Å²) in [6, 6.07) is 4.05. The molecule has 0 spiro atoms. The van der Waals surface area contributed by atoms with Crippen LogP contribution in [0, 0.1) is 13.8 Å². The van der Waals surface area contributed by atoms with Gasteiger partial charge in [-0.25, -0.2) is 0 Å². The number of carbonyl (C=O) groups excluding carboxylic acids is 1. The van der Waals surface area contributed by atoms with Crippen LogP contribution in [0.25, 0.3) is 0 Å². The summed E-state index contributed by atoms with van der Waals surface area (Å²) >= 11 is 0. The van der Waals surface area contributed by atoms with Crippen LogP contribution in [-0.2, 0) is 4.79 Å². The first-order chi connectivity index (χ1) is 7.10. The molecule has 0 bridgehead atoms. The Balaban J connectivity index is 3.13. The van der Waals surface area contributed by atoms with Crippen molar-refractivity contribution in [3.05, 3.63) is 28.8 Å². The van der Waals surface area contributed by atoms with Crippen molar-refractivity contribution in [2.75, 3.05) is 6.61 Å². The number of ether oxygens (including phenoxy) is 1. The minimum absolute atomic E-state index is 0.0422. The topological polar surface area (TPSA) is 26.3 Å². The van der Waals surface area contributed by atoms with Crippen LogP contribution < -0.4 is 4.74 Å². The molecule has 1 unspecified atom stereocenters. The number of aryl methyl sites for hydroxylation is 2. The van der Waals surface area contributed by atoms with E-state index in [4.69, 9.17) is 4.74 Å². The highest BCUT2D eigenvalue weighted by molar-refractivity contribution is 5.63. The highest BCUT2D eigenvalue weighted by Gasteiger charge is 2.10. The Morgan fingerprint density at radius 1 is 1.33 bits per heavy atom. The zero-order chi connectivity index (χ0) is 11.4. The van der Waals surface area contributed by atoms with E-state index in [0.717, 1.165) is 28.7 Å². The van der Waals surface area contributed by atoms with Gasteiger partial charge in [0.25, 0.3) is 0 Å². The molecule has 0 aliphatic carbocycles. The van der Waals surface area contributed by atoms with Crippen LogP contribution in [0.3, 0.4) is 0 Å². The first kappa shape index (κ1) is 11.8. The molecule has 1 aromatic rings. The minimum Gasteiger partial charge on any atom is -0.494 e. The second-order valence-corrected chi connectivity index (χ2v) is 3.83. The fourth-order valence-electron chi connectivity index (χ4n) is 1.69. The zero-order valence-corrected chi connectivity index (χ0v) is 9.83. The van der Waals surface area contributed by atoms with Crippen molar-refractivity contribution >= 4 is 6.29 Å². The zero-order valence-electron chi connectivity index (χ0n) is 9.83. The van der Waals surface area contributed by atoms with Gasteiger partial charge in [0.15, 0.2) is 0 Å². The predicted octanol–water partition coefficient (Wildman–Crippen LogP) is 3.00. The Bertz CT molecular complexity index is 356. The molecule has 0 saturated heterocycles. The van der Waals surface area contributed by atoms with Crippen molar-refractivity contribution in [1.82, 2.24) is 0 Å². The van der Waals surface area contributed by atoms with E-state index in [9.17, 15) is 4.79 Å². The normalized spacial score (nSPS) is 12.3. The van der Waals surface area contributed by atoms with Crippen LogP contribution in [-0.4, -0.2) is 12.9 Å². The monoisotopic (exact) mass is 206 g/mol. The summed E-state index contributed by atoms with van der Waals surface area (Å²) in [6.45, 7) is 8.57. The molecule has 2 heteroatoms. The fourth-order valence-corrected chi connectivity index (χ4v) is 1.69.